The Kier molecular flexibility index (Phi) is 5.86. The summed E-state index contributed by atoms with van der Waals surface area (Å²) in [7, 11) is 1.97. The van der Waals surface area contributed by atoms with Gasteiger partial charge in [0.2, 0.25) is 5.91 Å². The van der Waals surface area contributed by atoms with Crippen molar-refractivity contribution in [2.75, 3.05) is 51.3 Å². The number of anilines is 2. The number of hydrogen-bond donors (Lipinski definition) is 0. The zero-order valence-electron chi connectivity index (χ0n) is 18.5. The fourth-order valence-corrected chi connectivity index (χ4v) is 5.56. The van der Waals surface area contributed by atoms with Crippen molar-refractivity contribution in [2.24, 2.45) is 0 Å². The summed E-state index contributed by atoms with van der Waals surface area (Å²) < 4.78 is 27.6. The molecule has 2 aromatic carbocycles. The Hall–Kier alpha value is -2.51. The SMILES string of the molecule is CN1CC(=O)N(CCCCN2CCC3C(C2)c2cc(F)ccc2N3c2ccc(F)cc2)C1. The number of piperidine rings is 1. The zero-order valence-corrected chi connectivity index (χ0v) is 18.5. The van der Waals surface area contributed by atoms with Crippen LogP contribution in [0.5, 0.6) is 0 Å². The van der Waals surface area contributed by atoms with Crippen molar-refractivity contribution < 1.29 is 13.6 Å². The van der Waals surface area contributed by atoms with Crippen LogP contribution in [0.1, 0.15) is 30.7 Å². The largest absolute Gasteiger partial charge is 0.337 e. The van der Waals surface area contributed by atoms with Gasteiger partial charge in [-0.25, -0.2) is 8.78 Å². The molecular formula is C25H30F2N4O. The lowest BCUT2D eigenvalue weighted by Crippen LogP contribution is -2.45. The van der Waals surface area contributed by atoms with E-state index < -0.39 is 0 Å². The van der Waals surface area contributed by atoms with Crippen LogP contribution >= 0.6 is 0 Å². The summed E-state index contributed by atoms with van der Waals surface area (Å²) in [6, 6.07) is 11.9. The van der Waals surface area contributed by atoms with Crippen LogP contribution in [0.25, 0.3) is 0 Å². The van der Waals surface area contributed by atoms with Crippen molar-refractivity contribution in [1.29, 1.82) is 0 Å². The normalized spacial score (nSPS) is 23.7. The number of benzene rings is 2. The maximum Gasteiger partial charge on any atom is 0.237 e. The van der Waals surface area contributed by atoms with E-state index >= 15 is 0 Å². The number of carbonyl (C=O) groups excluding carboxylic acids is 1. The molecule has 5 nitrogen and oxygen atoms in total. The van der Waals surface area contributed by atoms with E-state index in [2.05, 4.69) is 9.80 Å². The van der Waals surface area contributed by atoms with E-state index in [1.165, 1.54) is 18.2 Å². The van der Waals surface area contributed by atoms with Gasteiger partial charge in [-0.2, -0.15) is 0 Å². The highest BCUT2D eigenvalue weighted by Crippen LogP contribution is 2.48. The molecule has 0 bridgehead atoms. The molecule has 0 N–H and O–H groups in total. The summed E-state index contributed by atoms with van der Waals surface area (Å²) in [5.74, 6) is -0.00569. The van der Waals surface area contributed by atoms with Gasteiger partial charge in [0.05, 0.1) is 13.2 Å². The fourth-order valence-electron chi connectivity index (χ4n) is 5.56. The quantitative estimate of drug-likeness (QED) is 0.640. The molecule has 32 heavy (non-hydrogen) atoms. The number of amides is 1. The van der Waals surface area contributed by atoms with Crippen LogP contribution in [0.15, 0.2) is 42.5 Å². The van der Waals surface area contributed by atoms with Gasteiger partial charge in [-0.15, -0.1) is 0 Å². The van der Waals surface area contributed by atoms with Crippen molar-refractivity contribution in [3.8, 4) is 0 Å². The molecule has 0 aliphatic carbocycles. The van der Waals surface area contributed by atoms with E-state index in [0.29, 0.717) is 6.54 Å². The van der Waals surface area contributed by atoms with E-state index in [-0.39, 0.29) is 29.5 Å². The van der Waals surface area contributed by atoms with Gasteiger partial charge in [0.1, 0.15) is 11.6 Å². The third-order valence-electron chi connectivity index (χ3n) is 7.07. The lowest BCUT2D eigenvalue weighted by molar-refractivity contribution is -0.126. The summed E-state index contributed by atoms with van der Waals surface area (Å²) >= 11 is 0. The Morgan fingerprint density at radius 2 is 1.75 bits per heavy atom. The summed E-state index contributed by atoms with van der Waals surface area (Å²) in [5, 5.41) is 0. The Balaban J connectivity index is 1.24. The molecule has 2 atom stereocenters. The molecule has 0 saturated carbocycles. The predicted molar refractivity (Wildman–Crippen MR) is 121 cm³/mol. The maximum absolute atomic E-state index is 14.1. The average molecular weight is 441 g/mol. The standard InChI is InChI=1S/C25H30F2N4O/c1-28-16-25(32)30(17-28)12-3-2-11-29-13-10-24-22(15-29)21-14-19(27)6-9-23(21)31(24)20-7-4-18(26)5-8-20/h4-9,14,22,24H,2-3,10-13,15-17H2,1H3. The molecular weight excluding hydrogens is 410 g/mol. The lowest BCUT2D eigenvalue weighted by Gasteiger charge is -2.39. The minimum absolute atomic E-state index is 0.208. The predicted octanol–water partition coefficient (Wildman–Crippen LogP) is 3.79. The number of rotatable bonds is 6. The molecule has 1 amide bonds. The van der Waals surface area contributed by atoms with Crippen molar-refractivity contribution >= 4 is 17.3 Å². The third-order valence-corrected chi connectivity index (χ3v) is 7.07. The summed E-state index contributed by atoms with van der Waals surface area (Å²) in [4.78, 5) is 20.6. The highest BCUT2D eigenvalue weighted by molar-refractivity contribution is 5.80. The smallest absolute Gasteiger partial charge is 0.237 e. The Morgan fingerprint density at radius 3 is 2.50 bits per heavy atom. The number of unbranched alkanes of at least 4 members (excludes halogenated alkanes) is 1. The van der Waals surface area contributed by atoms with Gasteiger partial charge in [-0.1, -0.05) is 0 Å². The van der Waals surface area contributed by atoms with Gasteiger partial charge in [0.15, 0.2) is 0 Å². The van der Waals surface area contributed by atoms with E-state index in [1.54, 1.807) is 6.07 Å². The van der Waals surface area contributed by atoms with Crippen LogP contribution < -0.4 is 4.90 Å². The van der Waals surface area contributed by atoms with E-state index in [4.69, 9.17) is 0 Å². The summed E-state index contributed by atoms with van der Waals surface area (Å²) in [6.07, 6.45) is 3.02. The lowest BCUT2D eigenvalue weighted by atomic mass is 9.89. The first-order valence-corrected chi connectivity index (χ1v) is 11.5. The first kappa shape index (κ1) is 21.3. The van der Waals surface area contributed by atoms with Gasteiger partial charge in [-0.05, 0) is 80.9 Å². The second-order valence-corrected chi connectivity index (χ2v) is 9.33. The number of nitrogens with zero attached hydrogens (tertiary/aromatic N) is 4. The first-order chi connectivity index (χ1) is 15.5. The number of likely N-dealkylation sites (N-methyl/N-ethyl adjacent to an activating group) is 1. The van der Waals surface area contributed by atoms with Crippen LogP contribution in [0, 0.1) is 11.6 Å². The van der Waals surface area contributed by atoms with E-state index in [0.717, 1.165) is 69.0 Å². The number of likely N-dealkylation sites (tertiary alicyclic amines) is 1. The van der Waals surface area contributed by atoms with Crippen molar-refractivity contribution in [2.45, 2.75) is 31.2 Å². The Morgan fingerprint density at radius 1 is 1.00 bits per heavy atom. The minimum Gasteiger partial charge on any atom is -0.337 e. The van der Waals surface area contributed by atoms with Gasteiger partial charge in [0, 0.05) is 43.0 Å². The molecule has 5 rings (SSSR count). The van der Waals surface area contributed by atoms with Gasteiger partial charge in [0.25, 0.3) is 0 Å². The molecule has 3 heterocycles. The van der Waals surface area contributed by atoms with Crippen molar-refractivity contribution in [3.05, 3.63) is 59.7 Å². The van der Waals surface area contributed by atoms with Crippen molar-refractivity contribution in [1.82, 2.24) is 14.7 Å². The molecule has 0 radical (unpaired) electrons. The van der Waals surface area contributed by atoms with E-state index in [9.17, 15) is 13.6 Å². The fraction of sp³-hybridized carbons (Fsp3) is 0.480. The molecule has 7 heteroatoms. The van der Waals surface area contributed by atoms with Crippen LogP contribution in [-0.4, -0.2) is 73.1 Å². The molecule has 3 aliphatic heterocycles. The van der Waals surface area contributed by atoms with Gasteiger partial charge in [-0.3, -0.25) is 9.69 Å². The first-order valence-electron chi connectivity index (χ1n) is 11.5. The van der Waals surface area contributed by atoms with E-state index in [1.807, 2.05) is 35.0 Å². The Bertz CT molecular complexity index is 982. The highest BCUT2D eigenvalue weighted by Gasteiger charge is 2.42. The zero-order chi connectivity index (χ0) is 22.2. The molecule has 0 spiro atoms. The minimum atomic E-state index is -0.249. The second-order valence-electron chi connectivity index (χ2n) is 9.33. The summed E-state index contributed by atoms with van der Waals surface area (Å²) in [6.45, 7) is 4.94. The monoisotopic (exact) mass is 440 g/mol. The van der Waals surface area contributed by atoms with Crippen LogP contribution in [-0.2, 0) is 4.79 Å². The molecule has 2 saturated heterocycles. The number of halogens is 2. The molecule has 2 fully saturated rings. The average Bonchev–Trinajstić information content (AvgIpc) is 3.27. The Labute approximate surface area is 188 Å². The van der Waals surface area contributed by atoms with Crippen molar-refractivity contribution in [3.63, 3.8) is 0 Å². The van der Waals surface area contributed by atoms with Crippen LogP contribution in [0.3, 0.4) is 0 Å². The van der Waals surface area contributed by atoms with Crippen LogP contribution in [0.2, 0.25) is 0 Å². The highest BCUT2D eigenvalue weighted by atomic mass is 19.1. The van der Waals surface area contributed by atoms with Crippen LogP contribution in [0.4, 0.5) is 20.2 Å². The molecule has 2 aromatic rings. The second kappa shape index (κ2) is 8.79. The molecule has 170 valence electrons. The van der Waals surface area contributed by atoms with Gasteiger partial charge >= 0.3 is 0 Å². The number of hydrogen-bond acceptors (Lipinski definition) is 4. The summed E-state index contributed by atoms with van der Waals surface area (Å²) in [5.41, 5.74) is 3.04. The maximum atomic E-state index is 14.1. The molecule has 3 aliphatic rings. The third kappa shape index (κ3) is 4.11. The number of fused-ring (bicyclic) bond motifs is 3. The van der Waals surface area contributed by atoms with Gasteiger partial charge < -0.3 is 14.7 Å². The molecule has 0 aromatic heterocycles. The number of carbonyl (C=O) groups is 1. The topological polar surface area (TPSA) is 30.0 Å². The molecule has 2 unspecified atom stereocenters.